The maximum Gasteiger partial charge on any atom is 0.228 e. The highest BCUT2D eigenvalue weighted by Crippen LogP contribution is 2.11. The highest BCUT2D eigenvalue weighted by atomic mass is 16.2. The summed E-state index contributed by atoms with van der Waals surface area (Å²) in [5, 5.41) is 8.71. The zero-order valence-corrected chi connectivity index (χ0v) is 11.2. The molecule has 20 heavy (non-hydrogen) atoms. The minimum Gasteiger partial charge on any atom is -0.300 e. The molecule has 2 aromatic rings. The molecule has 0 bridgehead atoms. The van der Waals surface area contributed by atoms with Gasteiger partial charge in [-0.1, -0.05) is 6.07 Å². The van der Waals surface area contributed by atoms with Crippen LogP contribution in [0.3, 0.4) is 0 Å². The number of hydrogen-bond acceptors (Lipinski definition) is 4. The first kappa shape index (κ1) is 13.7. The summed E-state index contributed by atoms with van der Waals surface area (Å²) in [5.41, 5.74) is 1.37. The minimum atomic E-state index is -0.0344. The lowest BCUT2D eigenvalue weighted by molar-refractivity contribution is -0.118. The maximum absolute atomic E-state index is 12.1. The van der Waals surface area contributed by atoms with Crippen LogP contribution in [0.25, 0.3) is 0 Å². The van der Waals surface area contributed by atoms with E-state index in [-0.39, 0.29) is 5.91 Å². The minimum absolute atomic E-state index is 0.0344. The van der Waals surface area contributed by atoms with E-state index in [2.05, 4.69) is 9.97 Å². The number of rotatable bonds is 4. The molecule has 0 spiro atoms. The molecule has 0 saturated carbocycles. The van der Waals surface area contributed by atoms with Crippen molar-refractivity contribution in [2.75, 3.05) is 11.9 Å². The van der Waals surface area contributed by atoms with E-state index >= 15 is 0 Å². The van der Waals surface area contributed by atoms with Crippen molar-refractivity contribution in [3.05, 3.63) is 54.0 Å². The number of aromatic nitrogens is 2. The van der Waals surface area contributed by atoms with E-state index in [1.165, 1.54) is 11.1 Å². The maximum atomic E-state index is 12.1. The van der Waals surface area contributed by atoms with E-state index in [4.69, 9.17) is 5.26 Å². The van der Waals surface area contributed by atoms with Gasteiger partial charge in [0.1, 0.15) is 11.9 Å². The van der Waals surface area contributed by atoms with Crippen LogP contribution < -0.4 is 4.90 Å². The van der Waals surface area contributed by atoms with Crippen molar-refractivity contribution < 1.29 is 4.79 Å². The normalized spacial score (nSPS) is 9.80. The first-order chi connectivity index (χ1) is 9.70. The van der Waals surface area contributed by atoms with Gasteiger partial charge in [-0.15, -0.1) is 0 Å². The van der Waals surface area contributed by atoms with Crippen LogP contribution in [0.2, 0.25) is 0 Å². The van der Waals surface area contributed by atoms with E-state index in [1.807, 2.05) is 24.3 Å². The molecule has 0 aliphatic rings. The van der Waals surface area contributed by atoms with Crippen molar-refractivity contribution in [3.63, 3.8) is 0 Å². The molecule has 0 radical (unpaired) electrons. The van der Waals surface area contributed by atoms with Crippen LogP contribution in [0.5, 0.6) is 0 Å². The lowest BCUT2D eigenvalue weighted by Crippen LogP contribution is -2.27. The predicted octanol–water partition coefficient (Wildman–Crippen LogP) is 1.94. The van der Waals surface area contributed by atoms with Crippen LogP contribution in [0, 0.1) is 11.3 Å². The van der Waals surface area contributed by atoms with Gasteiger partial charge in [-0.2, -0.15) is 5.26 Å². The molecule has 0 saturated heterocycles. The summed E-state index contributed by atoms with van der Waals surface area (Å²) >= 11 is 0. The van der Waals surface area contributed by atoms with Gasteiger partial charge < -0.3 is 0 Å². The topological polar surface area (TPSA) is 69.9 Å². The van der Waals surface area contributed by atoms with Gasteiger partial charge in [0.15, 0.2) is 0 Å². The zero-order valence-electron chi connectivity index (χ0n) is 11.2. The average molecular weight is 266 g/mol. The first-order valence-corrected chi connectivity index (χ1v) is 6.23. The fourth-order valence-corrected chi connectivity index (χ4v) is 1.73. The van der Waals surface area contributed by atoms with Crippen LogP contribution >= 0.6 is 0 Å². The van der Waals surface area contributed by atoms with Gasteiger partial charge in [0.25, 0.3) is 0 Å². The van der Waals surface area contributed by atoms with Crippen molar-refractivity contribution >= 4 is 11.7 Å². The predicted molar refractivity (Wildman–Crippen MR) is 74.9 cm³/mol. The quantitative estimate of drug-likeness (QED) is 0.848. The van der Waals surface area contributed by atoms with Crippen molar-refractivity contribution in [1.82, 2.24) is 9.97 Å². The van der Waals surface area contributed by atoms with Gasteiger partial charge in [-0.3, -0.25) is 14.7 Å². The number of pyridine rings is 2. The number of amides is 1. The first-order valence-electron chi connectivity index (χ1n) is 6.23. The van der Waals surface area contributed by atoms with E-state index in [0.29, 0.717) is 24.2 Å². The van der Waals surface area contributed by atoms with Gasteiger partial charge in [0.2, 0.25) is 5.91 Å². The third-order valence-corrected chi connectivity index (χ3v) is 2.92. The van der Waals surface area contributed by atoms with Gasteiger partial charge >= 0.3 is 0 Å². The van der Waals surface area contributed by atoms with Crippen molar-refractivity contribution in [1.29, 1.82) is 5.26 Å². The zero-order chi connectivity index (χ0) is 14.4. The van der Waals surface area contributed by atoms with E-state index < -0.39 is 0 Å². The molecule has 100 valence electrons. The number of nitriles is 1. The lowest BCUT2D eigenvalue weighted by Gasteiger charge is -2.15. The van der Waals surface area contributed by atoms with Crippen LogP contribution in [-0.4, -0.2) is 22.9 Å². The summed E-state index contributed by atoms with van der Waals surface area (Å²) in [5.74, 6) is 0.503. The number of aryl methyl sites for hydroxylation is 1. The molecule has 0 aromatic carbocycles. The summed E-state index contributed by atoms with van der Waals surface area (Å²) < 4.78 is 0. The molecule has 0 fully saturated rings. The number of hydrogen-bond donors (Lipinski definition) is 0. The Morgan fingerprint density at radius 2 is 2.15 bits per heavy atom. The Labute approximate surface area is 117 Å². The van der Waals surface area contributed by atoms with E-state index in [1.54, 1.807) is 25.4 Å². The number of carbonyl (C=O) groups excluding carboxylic acids is 1. The summed E-state index contributed by atoms with van der Waals surface area (Å²) in [6, 6.07) is 10.9. The average Bonchev–Trinajstić information content (AvgIpc) is 2.53. The highest BCUT2D eigenvalue weighted by Gasteiger charge is 2.12. The third-order valence-electron chi connectivity index (χ3n) is 2.92. The smallest absolute Gasteiger partial charge is 0.228 e. The second-order valence-corrected chi connectivity index (χ2v) is 4.29. The van der Waals surface area contributed by atoms with Gasteiger partial charge in [0, 0.05) is 31.6 Å². The Morgan fingerprint density at radius 3 is 2.75 bits per heavy atom. The number of carbonyl (C=O) groups is 1. The molecule has 2 aromatic heterocycles. The van der Waals surface area contributed by atoms with Crippen molar-refractivity contribution in [2.45, 2.75) is 12.8 Å². The molecular weight excluding hydrogens is 252 g/mol. The van der Waals surface area contributed by atoms with Gasteiger partial charge in [-0.05, 0) is 30.7 Å². The standard InChI is InChI=1S/C15H14N4O/c1-19(14-7-5-12(10-16)11-18-14)15(20)8-6-13-4-2-3-9-17-13/h2-5,7,9,11H,6,8H2,1H3. The van der Waals surface area contributed by atoms with E-state index in [0.717, 1.165) is 5.69 Å². The second kappa shape index (κ2) is 6.43. The lowest BCUT2D eigenvalue weighted by atomic mass is 10.2. The number of anilines is 1. The van der Waals surface area contributed by atoms with Crippen molar-refractivity contribution in [3.8, 4) is 6.07 Å². The molecule has 0 atom stereocenters. The molecule has 1 amide bonds. The molecule has 5 heteroatoms. The van der Waals surface area contributed by atoms with Crippen LogP contribution in [-0.2, 0) is 11.2 Å². The van der Waals surface area contributed by atoms with Crippen LogP contribution in [0.1, 0.15) is 17.7 Å². The fraction of sp³-hybridized carbons (Fsp3) is 0.200. The third kappa shape index (κ3) is 3.39. The Hall–Kier alpha value is -2.74. The Bertz CT molecular complexity index is 617. The summed E-state index contributed by atoms with van der Waals surface area (Å²) in [6.45, 7) is 0. The van der Waals surface area contributed by atoms with Crippen LogP contribution in [0.4, 0.5) is 5.82 Å². The highest BCUT2D eigenvalue weighted by molar-refractivity contribution is 5.91. The fourth-order valence-electron chi connectivity index (χ4n) is 1.73. The van der Waals surface area contributed by atoms with Crippen molar-refractivity contribution in [2.24, 2.45) is 0 Å². The SMILES string of the molecule is CN(C(=O)CCc1ccccn1)c1ccc(C#N)cn1. The molecule has 2 heterocycles. The molecule has 0 unspecified atom stereocenters. The Balaban J connectivity index is 1.96. The summed E-state index contributed by atoms with van der Waals surface area (Å²) in [7, 11) is 1.68. The molecular formula is C15H14N4O. The molecule has 5 nitrogen and oxygen atoms in total. The largest absolute Gasteiger partial charge is 0.300 e. The molecule has 0 N–H and O–H groups in total. The summed E-state index contributed by atoms with van der Waals surface area (Å²) in [4.78, 5) is 21.8. The second-order valence-electron chi connectivity index (χ2n) is 4.29. The Kier molecular flexibility index (Phi) is 4.40. The molecule has 0 aliphatic carbocycles. The number of nitrogens with zero attached hydrogens (tertiary/aromatic N) is 4. The summed E-state index contributed by atoms with van der Waals surface area (Å²) in [6.07, 6.45) is 4.14. The monoisotopic (exact) mass is 266 g/mol. The van der Waals surface area contributed by atoms with Crippen LogP contribution in [0.15, 0.2) is 42.7 Å². The van der Waals surface area contributed by atoms with Gasteiger partial charge in [-0.25, -0.2) is 4.98 Å². The molecule has 2 rings (SSSR count). The molecule has 0 aliphatic heterocycles. The van der Waals surface area contributed by atoms with Gasteiger partial charge in [0.05, 0.1) is 5.56 Å². The Morgan fingerprint density at radius 1 is 1.30 bits per heavy atom. The van der Waals surface area contributed by atoms with E-state index in [9.17, 15) is 4.79 Å².